The highest BCUT2D eigenvalue weighted by atomic mass is 35.5. The zero-order chi connectivity index (χ0) is 12.7. The summed E-state index contributed by atoms with van der Waals surface area (Å²) in [4.78, 5) is 2.87. The third-order valence-electron chi connectivity index (χ3n) is 2.61. The van der Waals surface area contributed by atoms with Crippen LogP contribution in [0.2, 0.25) is 5.02 Å². The average Bonchev–Trinajstić information content (AvgIpc) is 2.27. The van der Waals surface area contributed by atoms with Crippen LogP contribution in [0.1, 0.15) is 24.8 Å². The van der Waals surface area contributed by atoms with Crippen molar-refractivity contribution in [3.63, 3.8) is 0 Å². The molecular formula is C13H19ClN2S. The molecule has 0 unspecified atom stereocenters. The van der Waals surface area contributed by atoms with Gasteiger partial charge in [0.25, 0.3) is 0 Å². The minimum absolute atomic E-state index is 0.610. The molecule has 0 bridgehead atoms. The Labute approximate surface area is 114 Å². The lowest BCUT2D eigenvalue weighted by molar-refractivity contribution is 0.319. The first-order chi connectivity index (χ1) is 8.09. The highest BCUT2D eigenvalue weighted by molar-refractivity contribution is 7.80. The van der Waals surface area contributed by atoms with Gasteiger partial charge in [-0.1, -0.05) is 42.0 Å². The van der Waals surface area contributed by atoms with E-state index in [4.69, 9.17) is 29.6 Å². The summed E-state index contributed by atoms with van der Waals surface area (Å²) < 4.78 is 0. The Kier molecular flexibility index (Phi) is 6.48. The van der Waals surface area contributed by atoms with Crippen molar-refractivity contribution in [2.45, 2.75) is 25.8 Å². The monoisotopic (exact) mass is 270 g/mol. The molecule has 2 nitrogen and oxygen atoms in total. The maximum atomic E-state index is 6.11. The lowest BCUT2D eigenvalue weighted by Crippen LogP contribution is -2.19. The van der Waals surface area contributed by atoms with Crippen LogP contribution in [0.5, 0.6) is 0 Å². The van der Waals surface area contributed by atoms with Crippen LogP contribution in [0.4, 0.5) is 0 Å². The van der Waals surface area contributed by atoms with Gasteiger partial charge in [0.2, 0.25) is 0 Å². The Hall–Kier alpha value is -0.640. The third kappa shape index (κ3) is 6.01. The van der Waals surface area contributed by atoms with E-state index in [2.05, 4.69) is 18.0 Å². The van der Waals surface area contributed by atoms with Crippen LogP contribution in [0.15, 0.2) is 24.3 Å². The quantitative estimate of drug-likeness (QED) is 0.609. The van der Waals surface area contributed by atoms with E-state index in [9.17, 15) is 0 Å². The molecule has 0 aliphatic rings. The van der Waals surface area contributed by atoms with Gasteiger partial charge in [-0.25, -0.2) is 0 Å². The Morgan fingerprint density at radius 3 is 2.71 bits per heavy atom. The molecule has 1 rings (SSSR count). The van der Waals surface area contributed by atoms with E-state index in [0.717, 1.165) is 37.4 Å². The van der Waals surface area contributed by atoms with Crippen molar-refractivity contribution in [1.82, 2.24) is 4.90 Å². The second-order valence-electron chi connectivity index (χ2n) is 4.25. The Bertz CT molecular complexity index is 368. The van der Waals surface area contributed by atoms with Gasteiger partial charge in [-0.3, -0.25) is 0 Å². The highest BCUT2D eigenvalue weighted by Gasteiger charge is 2.03. The van der Waals surface area contributed by atoms with Crippen LogP contribution < -0.4 is 5.73 Å². The Morgan fingerprint density at radius 2 is 2.06 bits per heavy atom. The SMILES string of the molecule is CN(CCCCC(N)=S)Cc1ccccc1Cl. The predicted molar refractivity (Wildman–Crippen MR) is 78.4 cm³/mol. The number of thiocarbonyl (C=S) groups is 1. The van der Waals surface area contributed by atoms with Crippen molar-refractivity contribution < 1.29 is 0 Å². The lowest BCUT2D eigenvalue weighted by atomic mass is 10.2. The smallest absolute Gasteiger partial charge is 0.0727 e. The van der Waals surface area contributed by atoms with Gasteiger partial charge in [-0.15, -0.1) is 0 Å². The number of halogens is 1. The Morgan fingerprint density at radius 1 is 1.35 bits per heavy atom. The number of rotatable bonds is 7. The minimum Gasteiger partial charge on any atom is -0.393 e. The fourth-order valence-corrected chi connectivity index (χ4v) is 2.02. The van der Waals surface area contributed by atoms with Crippen LogP contribution in [0.3, 0.4) is 0 Å². The first kappa shape index (κ1) is 14.4. The molecule has 0 aliphatic heterocycles. The number of hydrogen-bond donors (Lipinski definition) is 1. The van der Waals surface area contributed by atoms with Crippen molar-refractivity contribution in [2.75, 3.05) is 13.6 Å². The van der Waals surface area contributed by atoms with Crippen molar-refractivity contribution in [2.24, 2.45) is 5.73 Å². The molecule has 1 aromatic rings. The van der Waals surface area contributed by atoms with E-state index >= 15 is 0 Å². The van der Waals surface area contributed by atoms with Crippen LogP contribution >= 0.6 is 23.8 Å². The topological polar surface area (TPSA) is 29.3 Å². The number of benzene rings is 1. The number of nitrogens with zero attached hydrogens (tertiary/aromatic N) is 1. The van der Waals surface area contributed by atoms with E-state index in [1.165, 1.54) is 5.56 Å². The zero-order valence-electron chi connectivity index (χ0n) is 10.2. The number of nitrogens with two attached hydrogens (primary N) is 1. The summed E-state index contributed by atoms with van der Waals surface area (Å²) in [7, 11) is 2.10. The van der Waals surface area contributed by atoms with Gasteiger partial charge in [0.05, 0.1) is 4.99 Å². The normalized spacial score (nSPS) is 10.8. The van der Waals surface area contributed by atoms with Gasteiger partial charge in [0.1, 0.15) is 0 Å². The summed E-state index contributed by atoms with van der Waals surface area (Å²) in [6.45, 7) is 1.92. The van der Waals surface area contributed by atoms with Crippen LogP contribution in [-0.4, -0.2) is 23.5 Å². The first-order valence-electron chi connectivity index (χ1n) is 5.80. The van der Waals surface area contributed by atoms with Crippen molar-refractivity contribution in [3.05, 3.63) is 34.9 Å². The van der Waals surface area contributed by atoms with Crippen LogP contribution in [-0.2, 0) is 6.54 Å². The van der Waals surface area contributed by atoms with Crippen LogP contribution in [0, 0.1) is 0 Å². The fourth-order valence-electron chi connectivity index (χ4n) is 1.68. The molecule has 0 saturated carbocycles. The molecule has 0 atom stereocenters. The van der Waals surface area contributed by atoms with E-state index in [1.54, 1.807) is 0 Å². The van der Waals surface area contributed by atoms with Crippen molar-refractivity contribution >= 4 is 28.8 Å². The number of unbranched alkanes of at least 4 members (excludes halogenated alkanes) is 1. The van der Waals surface area contributed by atoms with E-state index in [-0.39, 0.29) is 0 Å². The van der Waals surface area contributed by atoms with Crippen molar-refractivity contribution in [3.8, 4) is 0 Å². The second kappa shape index (κ2) is 7.64. The van der Waals surface area contributed by atoms with Gasteiger partial charge in [0, 0.05) is 11.6 Å². The van der Waals surface area contributed by atoms with Crippen molar-refractivity contribution in [1.29, 1.82) is 0 Å². The minimum atomic E-state index is 0.610. The molecule has 0 aromatic heterocycles. The van der Waals surface area contributed by atoms with Gasteiger partial charge in [-0.2, -0.15) is 0 Å². The van der Waals surface area contributed by atoms with E-state index < -0.39 is 0 Å². The maximum Gasteiger partial charge on any atom is 0.0727 e. The predicted octanol–water partition coefficient (Wildman–Crippen LogP) is 3.23. The Balaban J connectivity index is 2.27. The molecule has 17 heavy (non-hydrogen) atoms. The average molecular weight is 271 g/mol. The summed E-state index contributed by atoms with van der Waals surface area (Å²) in [5, 5.41) is 0.836. The summed E-state index contributed by atoms with van der Waals surface area (Å²) in [5.41, 5.74) is 6.63. The molecule has 0 heterocycles. The second-order valence-corrected chi connectivity index (χ2v) is 5.18. The standard InChI is InChI=1S/C13H19ClN2S/c1-16(9-5-4-8-13(15)17)10-11-6-2-3-7-12(11)14/h2-3,6-7H,4-5,8-10H2,1H3,(H2,15,17). The third-order valence-corrected chi connectivity index (χ3v) is 3.18. The molecule has 4 heteroatoms. The van der Waals surface area contributed by atoms with Gasteiger partial charge in [-0.05, 0) is 44.5 Å². The van der Waals surface area contributed by atoms with E-state index in [0.29, 0.717) is 4.99 Å². The van der Waals surface area contributed by atoms with Gasteiger partial charge >= 0.3 is 0 Å². The number of hydrogen-bond acceptors (Lipinski definition) is 2. The first-order valence-corrected chi connectivity index (χ1v) is 6.58. The highest BCUT2D eigenvalue weighted by Crippen LogP contribution is 2.16. The maximum absolute atomic E-state index is 6.11. The molecule has 94 valence electrons. The molecule has 2 N–H and O–H groups in total. The molecule has 0 amide bonds. The summed E-state index contributed by atoms with van der Waals surface area (Å²) in [6, 6.07) is 7.96. The molecular weight excluding hydrogens is 252 g/mol. The fraction of sp³-hybridized carbons (Fsp3) is 0.462. The summed E-state index contributed by atoms with van der Waals surface area (Å²) >= 11 is 11.0. The molecule has 1 aromatic carbocycles. The van der Waals surface area contributed by atoms with E-state index in [1.807, 2.05) is 18.2 Å². The molecule has 0 aliphatic carbocycles. The molecule has 0 radical (unpaired) electrons. The summed E-state index contributed by atoms with van der Waals surface area (Å²) in [5.74, 6) is 0. The van der Waals surface area contributed by atoms with Gasteiger partial charge < -0.3 is 10.6 Å². The molecule has 0 saturated heterocycles. The molecule has 0 fully saturated rings. The van der Waals surface area contributed by atoms with Gasteiger partial charge in [0.15, 0.2) is 0 Å². The lowest BCUT2D eigenvalue weighted by Gasteiger charge is -2.17. The summed E-state index contributed by atoms with van der Waals surface area (Å²) in [6.07, 6.45) is 3.01. The zero-order valence-corrected chi connectivity index (χ0v) is 11.7. The van der Waals surface area contributed by atoms with Crippen LogP contribution in [0.25, 0.3) is 0 Å². The molecule has 0 spiro atoms. The largest absolute Gasteiger partial charge is 0.393 e.